The monoisotopic (exact) mass is 191 g/mol. The van der Waals surface area contributed by atoms with Crippen LogP contribution in [0.4, 0.5) is 0 Å². The molecule has 0 fully saturated rings. The number of aliphatic hydroxyl groups excluding tert-OH is 1. The molecule has 0 radical (unpaired) electrons. The summed E-state index contributed by atoms with van der Waals surface area (Å²) in [4.78, 5) is 10.4. The first-order valence-electron chi connectivity index (χ1n) is 4.02. The Morgan fingerprint density at radius 1 is 1.62 bits per heavy atom. The lowest BCUT2D eigenvalue weighted by molar-refractivity contribution is -0.142. The van der Waals surface area contributed by atoms with E-state index < -0.39 is 23.7 Å². The summed E-state index contributed by atoms with van der Waals surface area (Å²) < 4.78 is 5.03. The molecule has 0 amide bonds. The van der Waals surface area contributed by atoms with Gasteiger partial charge in [0.1, 0.15) is 6.04 Å². The molecule has 5 nitrogen and oxygen atoms in total. The molecule has 0 heterocycles. The highest BCUT2D eigenvalue weighted by molar-refractivity contribution is 5.73. The minimum atomic E-state index is -1.26. The van der Waals surface area contributed by atoms with Gasteiger partial charge in [-0.25, -0.2) is 0 Å². The molecular weight excluding hydrogens is 174 g/mol. The quantitative estimate of drug-likeness (QED) is 0.548. The van der Waals surface area contributed by atoms with E-state index in [9.17, 15) is 9.90 Å². The number of rotatable bonds is 5. The van der Waals surface area contributed by atoms with Gasteiger partial charge in [-0.15, -0.1) is 0 Å². The Kier molecular flexibility index (Phi) is 4.32. The van der Waals surface area contributed by atoms with Gasteiger partial charge in [0.15, 0.2) is 0 Å². The van der Waals surface area contributed by atoms with E-state index >= 15 is 0 Å². The maximum Gasteiger partial charge on any atom is 0.323 e. The summed E-state index contributed by atoms with van der Waals surface area (Å²) in [5.74, 6) is -1.21. The number of carbonyl (C=O) groups is 1. The molecule has 2 atom stereocenters. The van der Waals surface area contributed by atoms with E-state index in [2.05, 4.69) is 0 Å². The molecule has 0 saturated heterocycles. The molecule has 13 heavy (non-hydrogen) atoms. The molecule has 4 N–H and O–H groups in total. The van der Waals surface area contributed by atoms with Crippen LogP contribution in [-0.4, -0.2) is 41.0 Å². The van der Waals surface area contributed by atoms with Crippen molar-refractivity contribution in [2.75, 3.05) is 7.11 Å². The molecule has 0 saturated carbocycles. The number of carboxylic acids is 1. The normalized spacial score (nSPS) is 16.7. The molecule has 0 aliphatic carbocycles. The lowest BCUT2D eigenvalue weighted by Gasteiger charge is -2.27. The first-order valence-corrected chi connectivity index (χ1v) is 4.02. The average molecular weight is 191 g/mol. The van der Waals surface area contributed by atoms with Gasteiger partial charge in [-0.05, 0) is 13.8 Å². The van der Waals surface area contributed by atoms with Crippen LogP contribution in [0.3, 0.4) is 0 Å². The van der Waals surface area contributed by atoms with Crippen molar-refractivity contribution in [1.29, 1.82) is 0 Å². The van der Waals surface area contributed by atoms with Gasteiger partial charge < -0.3 is 20.7 Å². The average Bonchev–Trinajstić information content (AvgIpc) is 2.02. The molecule has 0 bridgehead atoms. The number of methoxy groups -OCH3 is 1. The predicted molar refractivity (Wildman–Crippen MR) is 47.3 cm³/mol. The second-order valence-electron chi connectivity index (χ2n) is 3.60. The number of hydrogen-bond donors (Lipinski definition) is 3. The molecule has 0 aliphatic rings. The Labute approximate surface area is 77.5 Å². The van der Waals surface area contributed by atoms with Gasteiger partial charge in [-0.2, -0.15) is 0 Å². The molecule has 5 heteroatoms. The second kappa shape index (κ2) is 4.55. The number of aliphatic hydroxyl groups is 1. The molecule has 2 unspecified atom stereocenters. The SMILES string of the molecule is COC(C)(C)CC(O)C(N)C(=O)O. The standard InChI is InChI=1S/C8H17NO4/c1-8(2,13-3)4-5(10)6(9)7(11)12/h5-6,10H,4,9H2,1-3H3,(H,11,12). The summed E-state index contributed by atoms with van der Waals surface area (Å²) in [6.45, 7) is 3.51. The number of nitrogens with two attached hydrogens (primary N) is 1. The first-order chi connectivity index (χ1) is 5.80. The van der Waals surface area contributed by atoms with Crippen LogP contribution in [0.25, 0.3) is 0 Å². The van der Waals surface area contributed by atoms with Crippen LogP contribution >= 0.6 is 0 Å². The fraction of sp³-hybridized carbons (Fsp3) is 0.875. The van der Waals surface area contributed by atoms with Crippen LogP contribution in [0.2, 0.25) is 0 Å². The maximum absolute atomic E-state index is 10.4. The van der Waals surface area contributed by atoms with Gasteiger partial charge >= 0.3 is 5.97 Å². The Morgan fingerprint density at radius 2 is 2.08 bits per heavy atom. The van der Waals surface area contributed by atoms with Gasteiger partial charge in [0.2, 0.25) is 0 Å². The van der Waals surface area contributed by atoms with E-state index in [0.29, 0.717) is 0 Å². The third-order valence-electron chi connectivity index (χ3n) is 1.95. The number of aliphatic carboxylic acids is 1. The zero-order valence-corrected chi connectivity index (χ0v) is 8.15. The number of carboxylic acid groups (broad SMARTS) is 1. The van der Waals surface area contributed by atoms with Crippen molar-refractivity contribution >= 4 is 5.97 Å². The van der Waals surface area contributed by atoms with Crippen LogP contribution in [0, 0.1) is 0 Å². The van der Waals surface area contributed by atoms with Gasteiger partial charge in [-0.3, -0.25) is 4.79 Å². The van der Waals surface area contributed by atoms with Crippen LogP contribution in [0.5, 0.6) is 0 Å². The summed E-state index contributed by atoms with van der Waals surface area (Å²) in [6, 6.07) is -1.26. The van der Waals surface area contributed by atoms with Crippen molar-refractivity contribution < 1.29 is 19.7 Å². The van der Waals surface area contributed by atoms with Gasteiger partial charge in [-0.1, -0.05) is 0 Å². The van der Waals surface area contributed by atoms with Crippen LogP contribution in [-0.2, 0) is 9.53 Å². The summed E-state index contributed by atoms with van der Waals surface area (Å²) in [6.07, 6.45) is -0.899. The molecule has 0 aromatic carbocycles. The fourth-order valence-electron chi connectivity index (χ4n) is 0.879. The highest BCUT2D eigenvalue weighted by Gasteiger charge is 2.28. The zero-order valence-electron chi connectivity index (χ0n) is 8.15. The van der Waals surface area contributed by atoms with E-state index in [0.717, 1.165) is 0 Å². The highest BCUT2D eigenvalue weighted by Crippen LogP contribution is 2.16. The second-order valence-corrected chi connectivity index (χ2v) is 3.60. The van der Waals surface area contributed by atoms with Crippen molar-refractivity contribution in [2.45, 2.75) is 38.0 Å². The van der Waals surface area contributed by atoms with E-state index in [1.165, 1.54) is 7.11 Å². The lowest BCUT2D eigenvalue weighted by Crippen LogP contribution is -2.45. The van der Waals surface area contributed by atoms with E-state index in [1.54, 1.807) is 13.8 Å². The lowest BCUT2D eigenvalue weighted by atomic mass is 9.96. The van der Waals surface area contributed by atoms with Crippen LogP contribution in [0.15, 0.2) is 0 Å². The van der Waals surface area contributed by atoms with Crippen molar-refractivity contribution in [1.82, 2.24) is 0 Å². The summed E-state index contributed by atoms with van der Waals surface area (Å²) in [5, 5.41) is 17.9. The van der Waals surface area contributed by atoms with Crippen molar-refractivity contribution in [3.63, 3.8) is 0 Å². The Morgan fingerprint density at radius 3 is 2.38 bits per heavy atom. The van der Waals surface area contributed by atoms with Crippen molar-refractivity contribution in [3.8, 4) is 0 Å². The third kappa shape index (κ3) is 4.21. The fourth-order valence-corrected chi connectivity index (χ4v) is 0.879. The minimum absolute atomic E-state index is 0.191. The molecule has 0 spiro atoms. The topological polar surface area (TPSA) is 92.8 Å². The van der Waals surface area contributed by atoms with Crippen LogP contribution < -0.4 is 5.73 Å². The summed E-state index contributed by atoms with van der Waals surface area (Å²) in [7, 11) is 1.50. The van der Waals surface area contributed by atoms with Crippen molar-refractivity contribution in [2.24, 2.45) is 5.73 Å². The third-order valence-corrected chi connectivity index (χ3v) is 1.95. The Bertz CT molecular complexity index is 181. The molecule has 0 aromatic rings. The highest BCUT2D eigenvalue weighted by atomic mass is 16.5. The maximum atomic E-state index is 10.4. The van der Waals surface area contributed by atoms with Gasteiger partial charge in [0, 0.05) is 13.5 Å². The summed E-state index contributed by atoms with van der Waals surface area (Å²) >= 11 is 0. The largest absolute Gasteiger partial charge is 0.480 e. The van der Waals surface area contributed by atoms with E-state index in [1.807, 2.05) is 0 Å². The minimum Gasteiger partial charge on any atom is -0.480 e. The molecule has 0 rings (SSSR count). The molecule has 0 aromatic heterocycles. The first kappa shape index (κ1) is 12.3. The van der Waals surface area contributed by atoms with E-state index in [4.69, 9.17) is 15.6 Å². The number of hydrogen-bond acceptors (Lipinski definition) is 4. The number of ether oxygens (including phenoxy) is 1. The summed E-state index contributed by atoms with van der Waals surface area (Å²) in [5.41, 5.74) is 4.65. The Balaban J connectivity index is 4.14. The van der Waals surface area contributed by atoms with Crippen LogP contribution in [0.1, 0.15) is 20.3 Å². The van der Waals surface area contributed by atoms with Crippen molar-refractivity contribution in [3.05, 3.63) is 0 Å². The van der Waals surface area contributed by atoms with Gasteiger partial charge in [0.05, 0.1) is 11.7 Å². The predicted octanol–water partition coefficient (Wildman–Crippen LogP) is -0.426. The smallest absolute Gasteiger partial charge is 0.323 e. The molecule has 0 aliphatic heterocycles. The molecular formula is C8H17NO4. The van der Waals surface area contributed by atoms with Gasteiger partial charge in [0.25, 0.3) is 0 Å². The zero-order chi connectivity index (χ0) is 10.6. The van der Waals surface area contributed by atoms with E-state index in [-0.39, 0.29) is 6.42 Å². The Hall–Kier alpha value is -0.650. The molecule has 78 valence electrons.